The van der Waals surface area contributed by atoms with E-state index in [0.717, 1.165) is 21.6 Å². The van der Waals surface area contributed by atoms with Gasteiger partial charge >= 0.3 is 5.97 Å². The van der Waals surface area contributed by atoms with Gasteiger partial charge in [-0.25, -0.2) is 0 Å². The quantitative estimate of drug-likeness (QED) is 0.467. The van der Waals surface area contributed by atoms with Crippen molar-refractivity contribution in [2.24, 2.45) is 11.8 Å². The molecule has 0 saturated carbocycles. The molecule has 1 aromatic carbocycles. The Morgan fingerprint density at radius 1 is 1.07 bits per heavy atom. The summed E-state index contributed by atoms with van der Waals surface area (Å²) in [6.07, 6.45) is 3.73. The van der Waals surface area contributed by atoms with Crippen LogP contribution in [0.5, 0.6) is 0 Å². The number of ether oxygens (including phenoxy) is 1. The van der Waals surface area contributed by atoms with Gasteiger partial charge in [-0.3, -0.25) is 24.1 Å². The topological polar surface area (TPSA) is 92.8 Å². The summed E-state index contributed by atoms with van der Waals surface area (Å²) in [5, 5.41) is 2.79. The highest BCUT2D eigenvalue weighted by Gasteiger charge is 2.47. The van der Waals surface area contributed by atoms with Crippen molar-refractivity contribution >= 4 is 29.4 Å². The Balaban J connectivity index is 1.59. The molecule has 1 aromatic rings. The van der Waals surface area contributed by atoms with Gasteiger partial charge in [-0.2, -0.15) is 0 Å². The zero-order valence-electron chi connectivity index (χ0n) is 17.2. The van der Waals surface area contributed by atoms with Gasteiger partial charge in [0, 0.05) is 5.69 Å². The number of amides is 3. The third kappa shape index (κ3) is 4.23. The lowest BCUT2D eigenvalue weighted by Crippen LogP contribution is -2.39. The minimum atomic E-state index is -1.06. The number of fused-ring (bicyclic) bond motifs is 1. The van der Waals surface area contributed by atoms with Crippen LogP contribution in [-0.4, -0.2) is 41.2 Å². The van der Waals surface area contributed by atoms with Crippen molar-refractivity contribution in [2.75, 3.05) is 11.9 Å². The van der Waals surface area contributed by atoms with E-state index in [9.17, 15) is 19.2 Å². The third-order valence-corrected chi connectivity index (χ3v) is 5.49. The Morgan fingerprint density at radius 2 is 1.59 bits per heavy atom. The molecule has 1 aliphatic carbocycles. The predicted octanol–water partition coefficient (Wildman–Crippen LogP) is 2.43. The highest BCUT2D eigenvalue weighted by Crippen LogP contribution is 2.34. The summed E-state index contributed by atoms with van der Waals surface area (Å²) >= 11 is 0. The molecule has 0 spiro atoms. The van der Waals surface area contributed by atoms with Crippen LogP contribution in [0.1, 0.15) is 36.5 Å². The molecule has 0 bridgehead atoms. The summed E-state index contributed by atoms with van der Waals surface area (Å²) in [7, 11) is 0. The molecule has 3 amide bonds. The molecule has 1 saturated heterocycles. The van der Waals surface area contributed by atoms with E-state index in [1.807, 2.05) is 45.1 Å². The average molecular weight is 398 g/mol. The van der Waals surface area contributed by atoms with E-state index in [1.54, 1.807) is 0 Å². The minimum absolute atomic E-state index is 0.343. The van der Waals surface area contributed by atoms with Crippen LogP contribution < -0.4 is 5.32 Å². The number of esters is 1. The van der Waals surface area contributed by atoms with Crippen molar-refractivity contribution in [1.29, 1.82) is 0 Å². The van der Waals surface area contributed by atoms with Crippen molar-refractivity contribution in [3.8, 4) is 0 Å². The maximum Gasteiger partial charge on any atom is 0.326 e. The molecule has 3 atom stereocenters. The van der Waals surface area contributed by atoms with Crippen LogP contribution in [0.25, 0.3) is 0 Å². The van der Waals surface area contributed by atoms with E-state index in [4.69, 9.17) is 4.74 Å². The molecule has 1 fully saturated rings. The number of hydrogen-bond acceptors (Lipinski definition) is 5. The molecule has 0 aromatic heterocycles. The summed E-state index contributed by atoms with van der Waals surface area (Å²) in [6, 6.07) is 3.91. The molecule has 1 N–H and O–H groups in total. The fourth-order valence-electron chi connectivity index (χ4n) is 4.04. The number of nitrogens with zero attached hydrogens (tertiary/aromatic N) is 1. The van der Waals surface area contributed by atoms with Crippen LogP contribution >= 0.6 is 0 Å². The number of carbonyl (C=O) groups is 4. The van der Waals surface area contributed by atoms with Crippen LogP contribution in [0, 0.1) is 32.6 Å². The van der Waals surface area contributed by atoms with Crippen molar-refractivity contribution in [3.05, 3.63) is 41.0 Å². The number of carbonyl (C=O) groups excluding carboxylic acids is 4. The molecule has 2 aliphatic rings. The average Bonchev–Trinajstić information content (AvgIpc) is 2.89. The van der Waals surface area contributed by atoms with E-state index in [1.165, 1.54) is 6.92 Å². The molecule has 154 valence electrons. The lowest BCUT2D eigenvalue weighted by atomic mass is 9.85. The molecule has 0 radical (unpaired) electrons. The maximum absolute atomic E-state index is 12.5. The van der Waals surface area contributed by atoms with Crippen LogP contribution in [0.15, 0.2) is 24.3 Å². The van der Waals surface area contributed by atoms with Crippen molar-refractivity contribution < 1.29 is 23.9 Å². The first-order chi connectivity index (χ1) is 13.7. The number of likely N-dealkylation sites (tertiary alicyclic amines) is 1. The molecular formula is C22H26N2O5. The zero-order valence-corrected chi connectivity index (χ0v) is 17.2. The first-order valence-corrected chi connectivity index (χ1v) is 9.77. The number of nitrogens with one attached hydrogen (secondary N) is 1. The first kappa shape index (κ1) is 20.8. The number of rotatable bonds is 5. The number of anilines is 1. The molecule has 29 heavy (non-hydrogen) atoms. The van der Waals surface area contributed by atoms with E-state index >= 15 is 0 Å². The second-order valence-electron chi connectivity index (χ2n) is 7.81. The molecule has 3 rings (SSSR count). The molecule has 7 nitrogen and oxygen atoms in total. The highest BCUT2D eigenvalue weighted by molar-refractivity contribution is 6.07. The van der Waals surface area contributed by atoms with Crippen LogP contribution in [0.3, 0.4) is 0 Å². The summed E-state index contributed by atoms with van der Waals surface area (Å²) in [4.78, 5) is 50.6. The third-order valence-electron chi connectivity index (χ3n) is 5.49. The Kier molecular flexibility index (Phi) is 5.86. The fraction of sp³-hybridized carbons (Fsp3) is 0.455. The standard InChI is InChI=1S/C22H26N2O5/c1-12-9-13(2)19(14(3)10-12)23-20(26)15(4)29-18(25)11-24-21(27)16-7-5-6-8-17(16)22(24)28/h5-6,9-10,15-17H,7-8,11H2,1-4H3,(H,23,26). The van der Waals surface area contributed by atoms with E-state index in [-0.39, 0.29) is 11.8 Å². The van der Waals surface area contributed by atoms with Gasteiger partial charge in [-0.05, 0) is 51.7 Å². The van der Waals surface area contributed by atoms with Crippen molar-refractivity contribution in [3.63, 3.8) is 0 Å². The van der Waals surface area contributed by atoms with Gasteiger partial charge in [-0.15, -0.1) is 0 Å². The number of hydrogen-bond donors (Lipinski definition) is 1. The lowest BCUT2D eigenvalue weighted by Gasteiger charge is -2.18. The largest absolute Gasteiger partial charge is 0.451 e. The summed E-state index contributed by atoms with van der Waals surface area (Å²) < 4.78 is 5.19. The Morgan fingerprint density at radius 3 is 2.10 bits per heavy atom. The summed E-state index contributed by atoms with van der Waals surface area (Å²) in [5.41, 5.74) is 3.61. The predicted molar refractivity (Wildman–Crippen MR) is 107 cm³/mol. The second kappa shape index (κ2) is 8.19. The normalized spacial score (nSPS) is 21.7. The van der Waals surface area contributed by atoms with Gasteiger partial charge in [-0.1, -0.05) is 29.8 Å². The van der Waals surface area contributed by atoms with E-state index in [0.29, 0.717) is 18.5 Å². The highest BCUT2D eigenvalue weighted by atomic mass is 16.5. The number of allylic oxidation sites excluding steroid dienone is 2. The van der Waals surface area contributed by atoms with Crippen molar-refractivity contribution in [2.45, 2.75) is 46.6 Å². The number of imide groups is 1. The fourth-order valence-corrected chi connectivity index (χ4v) is 4.04. The molecule has 7 heteroatoms. The second-order valence-corrected chi connectivity index (χ2v) is 7.81. The van der Waals surface area contributed by atoms with Crippen LogP contribution in [-0.2, 0) is 23.9 Å². The van der Waals surface area contributed by atoms with E-state index < -0.39 is 36.4 Å². The maximum atomic E-state index is 12.5. The summed E-state index contributed by atoms with van der Waals surface area (Å²) in [6.45, 7) is 6.76. The Hall–Kier alpha value is -2.96. The first-order valence-electron chi connectivity index (χ1n) is 9.77. The lowest BCUT2D eigenvalue weighted by molar-refractivity contribution is -0.158. The van der Waals surface area contributed by atoms with Gasteiger partial charge < -0.3 is 10.1 Å². The zero-order chi connectivity index (χ0) is 21.3. The summed E-state index contributed by atoms with van der Waals surface area (Å²) in [5.74, 6) is -2.72. The Labute approximate surface area is 170 Å². The number of benzene rings is 1. The van der Waals surface area contributed by atoms with Crippen molar-refractivity contribution in [1.82, 2.24) is 4.90 Å². The van der Waals surface area contributed by atoms with Gasteiger partial charge in [0.25, 0.3) is 5.91 Å². The molecular weight excluding hydrogens is 372 g/mol. The van der Waals surface area contributed by atoms with Gasteiger partial charge in [0.15, 0.2) is 6.10 Å². The van der Waals surface area contributed by atoms with Gasteiger partial charge in [0.1, 0.15) is 6.54 Å². The molecule has 3 unspecified atom stereocenters. The van der Waals surface area contributed by atoms with Crippen LogP contribution in [0.2, 0.25) is 0 Å². The molecule has 1 heterocycles. The SMILES string of the molecule is Cc1cc(C)c(NC(=O)C(C)OC(=O)CN2C(=O)C3CC=CCC3C2=O)c(C)c1. The van der Waals surface area contributed by atoms with Gasteiger partial charge in [0.05, 0.1) is 11.8 Å². The van der Waals surface area contributed by atoms with Crippen LogP contribution in [0.4, 0.5) is 5.69 Å². The molecule has 1 aliphatic heterocycles. The Bertz CT molecular complexity index is 855. The van der Waals surface area contributed by atoms with E-state index in [2.05, 4.69) is 5.32 Å². The minimum Gasteiger partial charge on any atom is -0.451 e. The smallest absolute Gasteiger partial charge is 0.326 e. The van der Waals surface area contributed by atoms with Gasteiger partial charge in [0.2, 0.25) is 11.8 Å². The monoisotopic (exact) mass is 398 g/mol. The number of aryl methyl sites for hydroxylation is 3.